The molecule has 2 rings (SSSR count). The SMILES string of the molecule is CC(=O)SCC(=Cc1ccc(NC(N)=O)cc1)B1OC(C)(C)C(C)(C)O1. The van der Waals surface area contributed by atoms with Gasteiger partial charge in [0.05, 0.1) is 11.2 Å². The zero-order valence-corrected chi connectivity index (χ0v) is 16.6. The minimum atomic E-state index is -0.607. The van der Waals surface area contributed by atoms with Gasteiger partial charge in [-0.05, 0) is 50.9 Å². The summed E-state index contributed by atoms with van der Waals surface area (Å²) in [4.78, 5) is 22.3. The van der Waals surface area contributed by atoms with Crippen molar-refractivity contribution in [1.82, 2.24) is 0 Å². The number of thioether (sulfide) groups is 1. The fourth-order valence-corrected chi connectivity index (χ4v) is 2.97. The van der Waals surface area contributed by atoms with Crippen LogP contribution < -0.4 is 11.1 Å². The predicted molar refractivity (Wildman–Crippen MR) is 107 cm³/mol. The van der Waals surface area contributed by atoms with Crippen LogP contribution >= 0.6 is 11.8 Å². The number of nitrogens with one attached hydrogen (secondary N) is 1. The summed E-state index contributed by atoms with van der Waals surface area (Å²) in [6.07, 6.45) is 1.95. The van der Waals surface area contributed by atoms with Gasteiger partial charge >= 0.3 is 13.1 Å². The average Bonchev–Trinajstić information content (AvgIpc) is 2.72. The van der Waals surface area contributed by atoms with Crippen molar-refractivity contribution in [3.8, 4) is 0 Å². The number of amides is 2. The molecule has 0 aliphatic carbocycles. The van der Waals surface area contributed by atoms with Gasteiger partial charge in [-0.3, -0.25) is 4.79 Å². The number of benzene rings is 1. The highest BCUT2D eigenvalue weighted by Crippen LogP contribution is 2.39. The third-order valence-corrected chi connectivity index (χ3v) is 5.41. The van der Waals surface area contributed by atoms with Gasteiger partial charge in [0.1, 0.15) is 0 Å². The lowest BCUT2D eigenvalue weighted by Crippen LogP contribution is -2.41. The van der Waals surface area contributed by atoms with Gasteiger partial charge < -0.3 is 20.4 Å². The number of hydrogen-bond donors (Lipinski definition) is 2. The van der Waals surface area contributed by atoms with Crippen molar-refractivity contribution in [1.29, 1.82) is 0 Å². The molecular weight excluding hydrogens is 351 g/mol. The largest absolute Gasteiger partial charge is 0.491 e. The highest BCUT2D eigenvalue weighted by Gasteiger charge is 2.52. The Labute approximate surface area is 159 Å². The molecule has 8 heteroatoms. The van der Waals surface area contributed by atoms with Crippen LogP contribution in [0.4, 0.5) is 10.5 Å². The van der Waals surface area contributed by atoms with E-state index in [1.165, 1.54) is 18.7 Å². The van der Waals surface area contributed by atoms with Crippen LogP contribution in [0.5, 0.6) is 0 Å². The summed E-state index contributed by atoms with van der Waals surface area (Å²) in [6, 6.07) is 6.63. The molecule has 0 spiro atoms. The maximum absolute atomic E-state index is 11.4. The zero-order valence-electron chi connectivity index (χ0n) is 15.8. The molecule has 1 aliphatic heterocycles. The van der Waals surface area contributed by atoms with Crippen LogP contribution in [-0.4, -0.2) is 35.2 Å². The first-order chi connectivity index (χ1) is 12.0. The first-order valence-electron chi connectivity index (χ1n) is 8.36. The van der Waals surface area contributed by atoms with E-state index >= 15 is 0 Å². The Morgan fingerprint density at radius 2 is 1.69 bits per heavy atom. The van der Waals surface area contributed by atoms with Gasteiger partial charge in [-0.15, -0.1) is 0 Å². The average molecular weight is 376 g/mol. The molecule has 0 saturated carbocycles. The van der Waals surface area contributed by atoms with Crippen LogP contribution in [0.25, 0.3) is 6.08 Å². The summed E-state index contributed by atoms with van der Waals surface area (Å²) in [7, 11) is -0.518. The van der Waals surface area contributed by atoms with Gasteiger partial charge in [0.2, 0.25) is 0 Å². The Bertz CT molecular complexity index is 700. The van der Waals surface area contributed by atoms with Gasteiger partial charge in [0.15, 0.2) is 5.12 Å². The molecular formula is C18H25BN2O4S. The highest BCUT2D eigenvalue weighted by molar-refractivity contribution is 8.13. The Kier molecular flexibility index (Phi) is 6.21. The van der Waals surface area contributed by atoms with Crippen molar-refractivity contribution < 1.29 is 18.9 Å². The molecule has 0 unspecified atom stereocenters. The van der Waals surface area contributed by atoms with Crippen molar-refractivity contribution >= 4 is 41.8 Å². The molecule has 140 valence electrons. The molecule has 0 bridgehead atoms. The number of hydrogen-bond acceptors (Lipinski definition) is 5. The fourth-order valence-electron chi connectivity index (χ4n) is 2.38. The van der Waals surface area contributed by atoms with Crippen LogP contribution in [0.3, 0.4) is 0 Å². The summed E-state index contributed by atoms with van der Waals surface area (Å²) in [5, 5.41) is 2.56. The summed E-state index contributed by atoms with van der Waals surface area (Å²) < 4.78 is 12.2. The highest BCUT2D eigenvalue weighted by atomic mass is 32.2. The zero-order chi connectivity index (χ0) is 19.5. The maximum Gasteiger partial charge on any atom is 0.491 e. The molecule has 1 heterocycles. The molecule has 1 aromatic rings. The van der Waals surface area contributed by atoms with Crippen molar-refractivity contribution in [2.45, 2.75) is 45.8 Å². The third kappa shape index (κ3) is 5.12. The first-order valence-corrected chi connectivity index (χ1v) is 9.35. The van der Waals surface area contributed by atoms with Crippen LogP contribution in [-0.2, 0) is 14.1 Å². The number of carbonyl (C=O) groups is 2. The smallest absolute Gasteiger partial charge is 0.400 e. The summed E-state index contributed by atoms with van der Waals surface area (Å²) in [5.74, 6) is 0.480. The number of urea groups is 1. The number of primary amides is 1. The van der Waals surface area contributed by atoms with E-state index in [0.29, 0.717) is 11.4 Å². The van der Waals surface area contributed by atoms with E-state index in [4.69, 9.17) is 15.0 Å². The van der Waals surface area contributed by atoms with Gasteiger partial charge in [-0.1, -0.05) is 30.0 Å². The lowest BCUT2D eigenvalue weighted by atomic mass is 9.78. The minimum Gasteiger partial charge on any atom is -0.400 e. The van der Waals surface area contributed by atoms with Crippen LogP contribution in [0.1, 0.15) is 40.2 Å². The molecule has 3 N–H and O–H groups in total. The second-order valence-electron chi connectivity index (χ2n) is 7.20. The fraction of sp³-hybridized carbons (Fsp3) is 0.444. The second-order valence-corrected chi connectivity index (χ2v) is 8.35. The molecule has 0 atom stereocenters. The third-order valence-electron chi connectivity index (χ3n) is 4.53. The van der Waals surface area contributed by atoms with E-state index < -0.39 is 24.4 Å². The van der Waals surface area contributed by atoms with Gasteiger partial charge in [-0.25, -0.2) is 4.79 Å². The first kappa shape index (κ1) is 20.5. The minimum absolute atomic E-state index is 0.0356. The van der Waals surface area contributed by atoms with Crippen molar-refractivity contribution in [3.05, 3.63) is 35.3 Å². The number of nitrogens with two attached hydrogens (primary N) is 1. The second kappa shape index (κ2) is 7.86. The van der Waals surface area contributed by atoms with Gasteiger partial charge in [-0.2, -0.15) is 0 Å². The maximum atomic E-state index is 11.4. The van der Waals surface area contributed by atoms with Crippen molar-refractivity contribution in [2.75, 3.05) is 11.1 Å². The van der Waals surface area contributed by atoms with Crippen LogP contribution in [0.15, 0.2) is 29.7 Å². The quantitative estimate of drug-likeness (QED) is 0.768. The number of carbonyl (C=O) groups excluding carboxylic acids is 2. The number of rotatable bonds is 5. The van der Waals surface area contributed by atoms with Crippen molar-refractivity contribution in [2.24, 2.45) is 5.73 Å². The van der Waals surface area contributed by atoms with E-state index in [9.17, 15) is 9.59 Å². The molecule has 2 amide bonds. The number of anilines is 1. The molecule has 1 saturated heterocycles. The predicted octanol–water partition coefficient (Wildman–Crippen LogP) is 3.47. The normalized spacial score (nSPS) is 18.7. The summed E-state index contributed by atoms with van der Waals surface area (Å²) in [6.45, 7) is 9.51. The van der Waals surface area contributed by atoms with Gasteiger partial charge in [0.25, 0.3) is 0 Å². The monoisotopic (exact) mass is 376 g/mol. The molecule has 26 heavy (non-hydrogen) atoms. The Balaban J connectivity index is 2.25. The van der Waals surface area contributed by atoms with E-state index in [1.807, 2.05) is 45.9 Å². The van der Waals surface area contributed by atoms with E-state index in [1.54, 1.807) is 12.1 Å². The van der Waals surface area contributed by atoms with Crippen LogP contribution in [0.2, 0.25) is 0 Å². The van der Waals surface area contributed by atoms with Gasteiger partial charge in [0, 0.05) is 18.4 Å². The van der Waals surface area contributed by atoms with E-state index in [2.05, 4.69) is 5.32 Å². The summed E-state index contributed by atoms with van der Waals surface area (Å²) >= 11 is 1.22. The Morgan fingerprint density at radius 3 is 2.15 bits per heavy atom. The standard InChI is InChI=1S/C18H25BN2O4S/c1-12(22)26-11-14(19-24-17(2,3)18(4,5)25-19)10-13-6-8-15(9-7-13)21-16(20)23/h6-10H,11H2,1-5H3,(H3,20,21,23). The summed E-state index contributed by atoms with van der Waals surface area (Å²) in [5.41, 5.74) is 6.61. The van der Waals surface area contributed by atoms with E-state index in [0.717, 1.165) is 11.0 Å². The lowest BCUT2D eigenvalue weighted by molar-refractivity contribution is -0.109. The molecule has 1 aromatic carbocycles. The van der Waals surface area contributed by atoms with E-state index in [-0.39, 0.29) is 5.12 Å². The Hall–Kier alpha value is -1.77. The van der Waals surface area contributed by atoms with Crippen LogP contribution in [0, 0.1) is 0 Å². The lowest BCUT2D eigenvalue weighted by Gasteiger charge is -2.32. The van der Waals surface area contributed by atoms with Crippen molar-refractivity contribution in [3.63, 3.8) is 0 Å². The molecule has 1 fully saturated rings. The molecule has 1 aliphatic rings. The molecule has 0 aromatic heterocycles. The Morgan fingerprint density at radius 1 is 1.15 bits per heavy atom. The topological polar surface area (TPSA) is 90.7 Å². The molecule has 6 nitrogen and oxygen atoms in total. The molecule has 0 radical (unpaired) electrons.